The quantitative estimate of drug-likeness (QED) is 0.713. The molecule has 1 rings (SSSR count). The lowest BCUT2D eigenvalue weighted by Crippen LogP contribution is -2.49. The Kier molecular flexibility index (Phi) is 4.35. The van der Waals surface area contributed by atoms with E-state index in [1.807, 2.05) is 6.92 Å². The van der Waals surface area contributed by atoms with Crippen LogP contribution in [0.15, 0.2) is 0 Å². The summed E-state index contributed by atoms with van der Waals surface area (Å²) >= 11 is 0. The summed E-state index contributed by atoms with van der Waals surface area (Å²) in [5.74, 6) is -1.07. The molecule has 14 heavy (non-hydrogen) atoms. The number of hydrazine groups is 1. The molecule has 0 aromatic rings. The molecule has 4 heteroatoms. The number of piperidine rings is 1. The van der Waals surface area contributed by atoms with Gasteiger partial charge in [-0.2, -0.15) is 0 Å². The summed E-state index contributed by atoms with van der Waals surface area (Å²) in [6.07, 6.45) is 3.71. The van der Waals surface area contributed by atoms with Crippen molar-refractivity contribution in [3.63, 3.8) is 0 Å². The number of nitrogens with one attached hydrogen (secondary N) is 1. The second-order valence-corrected chi connectivity index (χ2v) is 4.09. The van der Waals surface area contributed by atoms with Gasteiger partial charge in [-0.05, 0) is 19.8 Å². The lowest BCUT2D eigenvalue weighted by Gasteiger charge is -2.31. The van der Waals surface area contributed by atoms with Crippen molar-refractivity contribution in [3.8, 4) is 0 Å². The van der Waals surface area contributed by atoms with Gasteiger partial charge in [0.1, 0.15) is 0 Å². The first-order chi connectivity index (χ1) is 6.61. The van der Waals surface area contributed by atoms with Crippen molar-refractivity contribution in [1.29, 1.82) is 0 Å². The second-order valence-electron chi connectivity index (χ2n) is 4.09. The minimum absolute atomic E-state index is 0.00519. The van der Waals surface area contributed by atoms with Crippen molar-refractivity contribution < 1.29 is 9.90 Å². The summed E-state index contributed by atoms with van der Waals surface area (Å²) in [6.45, 7) is 5.74. The molecule has 2 unspecified atom stereocenters. The van der Waals surface area contributed by atoms with Crippen LogP contribution in [0.4, 0.5) is 0 Å². The Morgan fingerprint density at radius 1 is 1.29 bits per heavy atom. The van der Waals surface area contributed by atoms with Crippen molar-refractivity contribution in [1.82, 2.24) is 10.4 Å². The van der Waals surface area contributed by atoms with Gasteiger partial charge < -0.3 is 5.11 Å². The average molecular weight is 200 g/mol. The normalized spacial score (nSPS) is 23.0. The van der Waals surface area contributed by atoms with Crippen molar-refractivity contribution in [2.24, 2.45) is 5.92 Å². The lowest BCUT2D eigenvalue weighted by atomic mass is 10.1. The largest absolute Gasteiger partial charge is 0.481 e. The Bertz CT molecular complexity index is 191. The second kappa shape index (κ2) is 5.32. The predicted molar refractivity (Wildman–Crippen MR) is 54.8 cm³/mol. The van der Waals surface area contributed by atoms with Crippen LogP contribution in [0.5, 0.6) is 0 Å². The number of hydrogen-bond donors (Lipinski definition) is 2. The van der Waals surface area contributed by atoms with Gasteiger partial charge in [-0.15, -0.1) is 0 Å². The number of carboxylic acids is 1. The Labute approximate surface area is 85.3 Å². The van der Waals surface area contributed by atoms with Crippen LogP contribution in [-0.4, -0.2) is 35.2 Å². The van der Waals surface area contributed by atoms with E-state index in [1.165, 1.54) is 19.3 Å². The average Bonchev–Trinajstić information content (AvgIpc) is 2.18. The van der Waals surface area contributed by atoms with Crippen LogP contribution in [0.2, 0.25) is 0 Å². The highest BCUT2D eigenvalue weighted by molar-refractivity contribution is 5.70. The molecule has 0 aromatic carbocycles. The maximum absolute atomic E-state index is 10.7. The van der Waals surface area contributed by atoms with E-state index >= 15 is 0 Å². The van der Waals surface area contributed by atoms with E-state index in [1.54, 1.807) is 6.92 Å². The Morgan fingerprint density at radius 2 is 1.86 bits per heavy atom. The van der Waals surface area contributed by atoms with Crippen molar-refractivity contribution in [2.75, 3.05) is 13.1 Å². The van der Waals surface area contributed by atoms with Crippen molar-refractivity contribution >= 4 is 5.97 Å². The third-order valence-electron chi connectivity index (χ3n) is 2.88. The molecular formula is C10H20N2O2. The fraction of sp³-hybridized carbons (Fsp3) is 0.900. The van der Waals surface area contributed by atoms with Crippen LogP contribution in [-0.2, 0) is 4.79 Å². The van der Waals surface area contributed by atoms with Gasteiger partial charge in [-0.25, -0.2) is 5.01 Å². The van der Waals surface area contributed by atoms with E-state index in [0.717, 1.165) is 13.1 Å². The number of carboxylic acid groups (broad SMARTS) is 1. The first-order valence-electron chi connectivity index (χ1n) is 5.35. The highest BCUT2D eigenvalue weighted by Gasteiger charge is 2.21. The fourth-order valence-electron chi connectivity index (χ4n) is 1.64. The highest BCUT2D eigenvalue weighted by Crippen LogP contribution is 2.09. The van der Waals surface area contributed by atoms with Gasteiger partial charge in [0.25, 0.3) is 0 Å². The minimum Gasteiger partial charge on any atom is -0.481 e. The lowest BCUT2D eigenvalue weighted by molar-refractivity contribution is -0.142. The molecule has 0 amide bonds. The zero-order valence-electron chi connectivity index (χ0n) is 8.99. The number of hydrogen-bond acceptors (Lipinski definition) is 3. The van der Waals surface area contributed by atoms with E-state index < -0.39 is 5.97 Å². The van der Waals surface area contributed by atoms with E-state index in [9.17, 15) is 4.79 Å². The van der Waals surface area contributed by atoms with Crippen LogP contribution >= 0.6 is 0 Å². The Hall–Kier alpha value is -0.610. The summed E-state index contributed by atoms with van der Waals surface area (Å²) in [7, 11) is 0. The first-order valence-corrected chi connectivity index (χ1v) is 5.35. The molecule has 4 nitrogen and oxygen atoms in total. The molecule has 0 saturated carbocycles. The smallest absolute Gasteiger partial charge is 0.307 e. The summed E-state index contributed by atoms with van der Waals surface area (Å²) in [4.78, 5) is 10.7. The number of aliphatic carboxylic acids is 1. The SMILES string of the molecule is CC(NN1CCCCC1)C(C)C(=O)O. The molecular weight excluding hydrogens is 180 g/mol. The van der Waals surface area contributed by atoms with Crippen LogP contribution < -0.4 is 5.43 Å². The standard InChI is InChI=1S/C10H20N2O2/c1-8(10(13)14)9(2)11-12-6-4-3-5-7-12/h8-9,11H,3-7H2,1-2H3,(H,13,14). The molecule has 2 atom stereocenters. The van der Waals surface area contributed by atoms with Crippen LogP contribution in [0, 0.1) is 5.92 Å². The van der Waals surface area contributed by atoms with E-state index in [2.05, 4.69) is 10.4 Å². The van der Waals surface area contributed by atoms with Gasteiger partial charge in [-0.1, -0.05) is 13.3 Å². The number of nitrogens with zero attached hydrogens (tertiary/aromatic N) is 1. The molecule has 1 aliphatic heterocycles. The highest BCUT2D eigenvalue weighted by atomic mass is 16.4. The molecule has 0 aromatic heterocycles. The van der Waals surface area contributed by atoms with Gasteiger partial charge in [-0.3, -0.25) is 10.2 Å². The fourth-order valence-corrected chi connectivity index (χ4v) is 1.64. The summed E-state index contributed by atoms with van der Waals surface area (Å²) in [5.41, 5.74) is 3.25. The molecule has 82 valence electrons. The predicted octanol–water partition coefficient (Wildman–Crippen LogP) is 1.09. The van der Waals surface area contributed by atoms with Gasteiger partial charge in [0, 0.05) is 19.1 Å². The van der Waals surface area contributed by atoms with Gasteiger partial charge in [0.2, 0.25) is 0 Å². The first kappa shape index (κ1) is 11.5. The monoisotopic (exact) mass is 200 g/mol. The van der Waals surface area contributed by atoms with E-state index in [-0.39, 0.29) is 12.0 Å². The molecule has 0 radical (unpaired) electrons. The van der Waals surface area contributed by atoms with Crippen molar-refractivity contribution in [2.45, 2.75) is 39.2 Å². The summed E-state index contributed by atoms with van der Waals surface area (Å²) < 4.78 is 0. The van der Waals surface area contributed by atoms with Crippen molar-refractivity contribution in [3.05, 3.63) is 0 Å². The maximum Gasteiger partial charge on any atom is 0.307 e. The molecule has 0 spiro atoms. The maximum atomic E-state index is 10.7. The third kappa shape index (κ3) is 3.27. The minimum atomic E-state index is -0.734. The summed E-state index contributed by atoms with van der Waals surface area (Å²) in [5, 5.41) is 11.0. The van der Waals surface area contributed by atoms with E-state index in [4.69, 9.17) is 5.11 Å². The third-order valence-corrected chi connectivity index (χ3v) is 2.88. The molecule has 0 aliphatic carbocycles. The van der Waals surface area contributed by atoms with Gasteiger partial charge in [0.15, 0.2) is 0 Å². The number of carbonyl (C=O) groups is 1. The molecule has 0 bridgehead atoms. The zero-order valence-corrected chi connectivity index (χ0v) is 8.99. The Balaban J connectivity index is 2.31. The van der Waals surface area contributed by atoms with Crippen LogP contribution in [0.3, 0.4) is 0 Å². The molecule has 2 N–H and O–H groups in total. The zero-order chi connectivity index (χ0) is 10.6. The summed E-state index contributed by atoms with van der Waals surface area (Å²) in [6, 6.07) is 0.00519. The Morgan fingerprint density at radius 3 is 2.36 bits per heavy atom. The van der Waals surface area contributed by atoms with Crippen LogP contribution in [0.25, 0.3) is 0 Å². The topological polar surface area (TPSA) is 52.6 Å². The van der Waals surface area contributed by atoms with Gasteiger partial charge >= 0.3 is 5.97 Å². The number of rotatable bonds is 4. The van der Waals surface area contributed by atoms with Gasteiger partial charge in [0.05, 0.1) is 5.92 Å². The molecule has 1 heterocycles. The molecule has 1 fully saturated rings. The molecule has 1 saturated heterocycles. The van der Waals surface area contributed by atoms with Crippen LogP contribution in [0.1, 0.15) is 33.1 Å². The molecule has 1 aliphatic rings. The van der Waals surface area contributed by atoms with E-state index in [0.29, 0.717) is 0 Å².